The molecule has 0 aliphatic heterocycles. The van der Waals surface area contributed by atoms with Crippen molar-refractivity contribution in [2.75, 3.05) is 18.8 Å². The van der Waals surface area contributed by atoms with Crippen LogP contribution in [0.5, 0.6) is 0 Å². The van der Waals surface area contributed by atoms with Crippen LogP contribution in [-0.4, -0.2) is 23.9 Å². The van der Waals surface area contributed by atoms with Gasteiger partial charge < -0.3 is 9.84 Å². The molecule has 0 unspecified atom stereocenters. The second kappa shape index (κ2) is 5.98. The number of thioether (sulfide) groups is 1. The summed E-state index contributed by atoms with van der Waals surface area (Å²) >= 11 is 1.61. The minimum Gasteiger partial charge on any atom is -0.491 e. The molecule has 0 aromatic heterocycles. The molecule has 1 N–H and O–H groups in total. The molecule has 0 aliphatic rings. The molecule has 0 rings (SSSR count). The predicted molar refractivity (Wildman–Crippen MR) is 40.3 cm³/mol. The summed E-state index contributed by atoms with van der Waals surface area (Å²) in [5.74, 6) is 0.650. The predicted octanol–water partition coefficient (Wildman–Crippen LogP) is 1.22. The van der Waals surface area contributed by atoms with Gasteiger partial charge in [-0.2, -0.15) is 0 Å². The van der Waals surface area contributed by atoms with E-state index in [9.17, 15) is 0 Å². The van der Waals surface area contributed by atoms with E-state index < -0.39 is 0 Å². The minimum absolute atomic E-state index is 0.0778. The molecule has 0 bridgehead atoms. The summed E-state index contributed by atoms with van der Waals surface area (Å²) in [6, 6.07) is 0. The van der Waals surface area contributed by atoms with E-state index in [2.05, 4.69) is 0 Å². The summed E-state index contributed by atoms with van der Waals surface area (Å²) in [6.45, 7) is 1.90. The molecule has 0 amide bonds. The van der Waals surface area contributed by atoms with E-state index in [4.69, 9.17) is 9.84 Å². The maximum atomic E-state index is 8.48. The summed E-state index contributed by atoms with van der Waals surface area (Å²) < 4.78 is 4.98. The zero-order chi connectivity index (χ0) is 7.11. The number of aliphatic hydroxyl groups excluding tert-OH is 1. The van der Waals surface area contributed by atoms with Gasteiger partial charge in [-0.05, 0) is 18.8 Å². The molecule has 0 fully saturated rings. The maximum Gasteiger partial charge on any atom is 0.133 e. The van der Waals surface area contributed by atoms with Crippen LogP contribution in [0.15, 0.2) is 11.8 Å². The third kappa shape index (κ3) is 5.73. The molecule has 9 heavy (non-hydrogen) atoms. The Morgan fingerprint density at radius 2 is 2.44 bits per heavy atom. The number of hydrogen-bond acceptors (Lipinski definition) is 3. The van der Waals surface area contributed by atoms with Crippen molar-refractivity contribution in [2.24, 2.45) is 0 Å². The average molecular weight is 148 g/mol. The van der Waals surface area contributed by atoms with Gasteiger partial charge in [-0.1, -0.05) is 0 Å². The first kappa shape index (κ1) is 8.85. The van der Waals surface area contributed by atoms with Crippen LogP contribution in [-0.2, 0) is 4.74 Å². The molecule has 0 aliphatic carbocycles. The first-order valence-electron chi connectivity index (χ1n) is 2.68. The van der Waals surface area contributed by atoms with Crippen molar-refractivity contribution in [3.05, 3.63) is 11.8 Å². The van der Waals surface area contributed by atoms with Crippen LogP contribution < -0.4 is 0 Å². The highest BCUT2D eigenvalue weighted by Crippen LogP contribution is 1.95. The van der Waals surface area contributed by atoms with Gasteiger partial charge in [-0.3, -0.25) is 0 Å². The fourth-order valence-electron chi connectivity index (χ4n) is 0.282. The molecule has 54 valence electrons. The molecule has 0 radical (unpaired) electrons. The average Bonchev–Trinajstić information content (AvgIpc) is 1.89. The van der Waals surface area contributed by atoms with Gasteiger partial charge in [0.05, 0.1) is 12.9 Å². The first-order chi connectivity index (χ1) is 4.31. The second-order valence-electron chi connectivity index (χ2n) is 1.70. The van der Waals surface area contributed by atoms with Crippen molar-refractivity contribution in [2.45, 2.75) is 6.92 Å². The summed E-state index contributed by atoms with van der Waals surface area (Å²) in [5.41, 5.74) is 0.851. The van der Waals surface area contributed by atoms with Gasteiger partial charge in [0.2, 0.25) is 0 Å². The van der Waals surface area contributed by atoms with E-state index in [1.165, 1.54) is 0 Å². The van der Waals surface area contributed by atoms with Gasteiger partial charge >= 0.3 is 0 Å². The Hall–Kier alpha value is -0.150. The van der Waals surface area contributed by atoms with E-state index in [0.717, 1.165) is 5.57 Å². The number of ether oxygens (including phenoxy) is 1. The van der Waals surface area contributed by atoms with Crippen molar-refractivity contribution in [3.63, 3.8) is 0 Å². The fraction of sp³-hybridized carbons (Fsp3) is 0.667. The van der Waals surface area contributed by atoms with Gasteiger partial charge in [-0.15, -0.1) is 11.8 Å². The second-order valence-corrected chi connectivity index (χ2v) is 2.51. The third-order valence-electron chi connectivity index (χ3n) is 0.720. The van der Waals surface area contributed by atoms with E-state index in [0.29, 0.717) is 5.94 Å². The van der Waals surface area contributed by atoms with Crippen molar-refractivity contribution < 1.29 is 9.84 Å². The van der Waals surface area contributed by atoms with Crippen LogP contribution in [0, 0.1) is 0 Å². The van der Waals surface area contributed by atoms with Crippen molar-refractivity contribution >= 4 is 11.8 Å². The summed E-state index contributed by atoms with van der Waals surface area (Å²) in [4.78, 5) is 0. The Morgan fingerprint density at radius 3 is 2.89 bits per heavy atom. The SMILES string of the molecule is CSCOC=C(C)CO. The molecule has 0 spiro atoms. The molecule has 0 saturated heterocycles. The van der Waals surface area contributed by atoms with E-state index in [1.54, 1.807) is 18.0 Å². The Balaban J connectivity index is 3.21. The Kier molecular flexibility index (Phi) is 5.88. The fourth-order valence-corrected chi connectivity index (χ4v) is 0.486. The van der Waals surface area contributed by atoms with Crippen molar-refractivity contribution in [3.8, 4) is 0 Å². The lowest BCUT2D eigenvalue weighted by molar-refractivity contribution is 0.291. The van der Waals surface area contributed by atoms with Gasteiger partial charge in [0.15, 0.2) is 0 Å². The van der Waals surface area contributed by atoms with Gasteiger partial charge in [0, 0.05) is 0 Å². The molecular weight excluding hydrogens is 136 g/mol. The molecule has 0 atom stereocenters. The number of rotatable bonds is 4. The van der Waals surface area contributed by atoms with E-state index >= 15 is 0 Å². The third-order valence-corrected chi connectivity index (χ3v) is 1.09. The maximum absolute atomic E-state index is 8.48. The monoisotopic (exact) mass is 148 g/mol. The number of hydrogen-bond donors (Lipinski definition) is 1. The smallest absolute Gasteiger partial charge is 0.133 e. The van der Waals surface area contributed by atoms with Crippen LogP contribution in [0.3, 0.4) is 0 Å². The highest BCUT2D eigenvalue weighted by Gasteiger charge is 1.82. The van der Waals surface area contributed by atoms with Crippen molar-refractivity contribution in [1.29, 1.82) is 0 Å². The Morgan fingerprint density at radius 1 is 1.78 bits per heavy atom. The van der Waals surface area contributed by atoms with Gasteiger partial charge in [0.25, 0.3) is 0 Å². The Bertz CT molecular complexity index is 91.1. The quantitative estimate of drug-likeness (QED) is 0.369. The molecule has 0 heterocycles. The minimum atomic E-state index is 0.0778. The van der Waals surface area contributed by atoms with Crippen LogP contribution >= 0.6 is 11.8 Å². The molecular formula is C6H12O2S. The van der Waals surface area contributed by atoms with Crippen LogP contribution in [0.25, 0.3) is 0 Å². The Labute approximate surface area is 59.9 Å². The molecule has 0 aromatic carbocycles. The molecule has 3 heteroatoms. The lowest BCUT2D eigenvalue weighted by Crippen LogP contribution is -1.86. The van der Waals surface area contributed by atoms with Gasteiger partial charge in [-0.25, -0.2) is 0 Å². The molecule has 0 saturated carbocycles. The zero-order valence-electron chi connectivity index (χ0n) is 5.76. The summed E-state index contributed by atoms with van der Waals surface area (Å²) in [5, 5.41) is 8.48. The van der Waals surface area contributed by atoms with Crippen molar-refractivity contribution in [1.82, 2.24) is 0 Å². The van der Waals surface area contributed by atoms with Crippen LogP contribution in [0.2, 0.25) is 0 Å². The normalized spacial score (nSPS) is 11.7. The van der Waals surface area contributed by atoms with Crippen LogP contribution in [0.4, 0.5) is 0 Å². The molecule has 2 nitrogen and oxygen atoms in total. The van der Waals surface area contributed by atoms with Gasteiger partial charge in [0.1, 0.15) is 5.94 Å². The largest absolute Gasteiger partial charge is 0.491 e. The zero-order valence-corrected chi connectivity index (χ0v) is 6.57. The lowest BCUT2D eigenvalue weighted by Gasteiger charge is -1.97. The van der Waals surface area contributed by atoms with E-state index in [-0.39, 0.29) is 6.61 Å². The van der Waals surface area contributed by atoms with E-state index in [1.807, 2.05) is 13.2 Å². The first-order valence-corrected chi connectivity index (χ1v) is 4.07. The standard InChI is InChI=1S/C6H12O2S/c1-6(3-7)4-8-5-9-2/h4,7H,3,5H2,1-2H3. The summed E-state index contributed by atoms with van der Waals surface area (Å²) in [6.07, 6.45) is 3.54. The molecule has 0 aromatic rings. The highest BCUT2D eigenvalue weighted by atomic mass is 32.2. The van der Waals surface area contributed by atoms with Crippen LogP contribution in [0.1, 0.15) is 6.92 Å². The lowest BCUT2D eigenvalue weighted by atomic mass is 10.4. The number of aliphatic hydroxyl groups is 1. The topological polar surface area (TPSA) is 29.5 Å². The highest BCUT2D eigenvalue weighted by molar-refractivity contribution is 7.98. The summed E-state index contributed by atoms with van der Waals surface area (Å²) in [7, 11) is 0.